The van der Waals surface area contributed by atoms with Crippen LogP contribution in [-0.4, -0.2) is 27.8 Å². The highest BCUT2D eigenvalue weighted by Crippen LogP contribution is 2.26. The van der Waals surface area contributed by atoms with Crippen molar-refractivity contribution in [1.82, 2.24) is 14.6 Å². The lowest BCUT2D eigenvalue weighted by atomic mass is 10.1. The van der Waals surface area contributed by atoms with Crippen molar-refractivity contribution in [3.63, 3.8) is 0 Å². The van der Waals surface area contributed by atoms with Crippen molar-refractivity contribution in [1.29, 1.82) is 0 Å². The van der Waals surface area contributed by atoms with E-state index in [1.165, 1.54) is 5.69 Å². The van der Waals surface area contributed by atoms with Crippen molar-refractivity contribution in [2.75, 3.05) is 13.2 Å². The highest BCUT2D eigenvalue weighted by Gasteiger charge is 2.26. The summed E-state index contributed by atoms with van der Waals surface area (Å²) in [5.41, 5.74) is 2.21. The van der Waals surface area contributed by atoms with Crippen LogP contribution in [-0.2, 0) is 4.74 Å². The molecule has 0 spiro atoms. The molecule has 4 nitrogen and oxygen atoms in total. The summed E-state index contributed by atoms with van der Waals surface area (Å²) in [6, 6.07) is 6.19. The summed E-state index contributed by atoms with van der Waals surface area (Å²) in [6.07, 6.45) is 0. The quantitative estimate of drug-likeness (QED) is 0.772. The highest BCUT2D eigenvalue weighted by molar-refractivity contribution is 5.41. The number of hydrogen-bond acceptors (Lipinski definition) is 3. The number of hydrogen-bond donors (Lipinski definition) is 0. The van der Waals surface area contributed by atoms with Crippen molar-refractivity contribution >= 4 is 5.65 Å². The van der Waals surface area contributed by atoms with E-state index >= 15 is 0 Å². The molecule has 0 radical (unpaired) electrons. The topological polar surface area (TPSA) is 39.4 Å². The van der Waals surface area contributed by atoms with Crippen LogP contribution in [0.15, 0.2) is 18.2 Å². The Morgan fingerprint density at radius 3 is 2.75 bits per heavy atom. The normalized spacial score (nSPS) is 16.9. The van der Waals surface area contributed by atoms with E-state index in [4.69, 9.17) is 4.74 Å². The Balaban J connectivity index is 2.21. The summed E-state index contributed by atoms with van der Waals surface area (Å²) in [7, 11) is 0. The van der Waals surface area contributed by atoms with Crippen molar-refractivity contribution in [3.8, 4) is 0 Å². The third kappa shape index (κ3) is 1.33. The van der Waals surface area contributed by atoms with Crippen LogP contribution in [0.2, 0.25) is 0 Å². The molecule has 0 unspecified atom stereocenters. The first kappa shape index (κ1) is 9.78. The van der Waals surface area contributed by atoms with Gasteiger partial charge in [-0.15, -0.1) is 10.2 Å². The molecule has 2 aromatic heterocycles. The predicted molar refractivity (Wildman–Crippen MR) is 60.6 cm³/mol. The van der Waals surface area contributed by atoms with Gasteiger partial charge in [-0.2, -0.15) is 0 Å². The summed E-state index contributed by atoms with van der Waals surface area (Å²) in [5, 5.41) is 8.52. The lowest BCUT2D eigenvalue weighted by Crippen LogP contribution is -2.27. The van der Waals surface area contributed by atoms with Gasteiger partial charge < -0.3 is 4.74 Å². The van der Waals surface area contributed by atoms with Crippen LogP contribution in [0.4, 0.5) is 0 Å². The van der Waals surface area contributed by atoms with Gasteiger partial charge in [0, 0.05) is 5.69 Å². The van der Waals surface area contributed by atoms with E-state index in [9.17, 15) is 0 Å². The summed E-state index contributed by atoms with van der Waals surface area (Å²) < 4.78 is 7.41. The van der Waals surface area contributed by atoms with E-state index in [1.807, 2.05) is 12.1 Å². The van der Waals surface area contributed by atoms with E-state index in [2.05, 4.69) is 34.5 Å². The smallest absolute Gasteiger partial charge is 0.161 e. The van der Waals surface area contributed by atoms with Gasteiger partial charge in [-0.1, -0.05) is 19.9 Å². The van der Waals surface area contributed by atoms with Crippen molar-refractivity contribution < 1.29 is 4.74 Å². The minimum atomic E-state index is 0.412. The average molecular weight is 217 g/mol. The van der Waals surface area contributed by atoms with Gasteiger partial charge in [-0.05, 0) is 18.1 Å². The zero-order chi connectivity index (χ0) is 11.1. The monoisotopic (exact) mass is 217 g/mol. The molecule has 1 aliphatic rings. The fourth-order valence-electron chi connectivity index (χ4n) is 2.09. The molecule has 0 atom stereocenters. The van der Waals surface area contributed by atoms with Gasteiger partial charge >= 0.3 is 0 Å². The van der Waals surface area contributed by atoms with Crippen LogP contribution in [0.5, 0.6) is 0 Å². The first-order valence-electron chi connectivity index (χ1n) is 5.69. The maximum atomic E-state index is 5.23. The Bertz CT molecular complexity index is 514. The van der Waals surface area contributed by atoms with Gasteiger partial charge in [0.1, 0.15) is 5.82 Å². The zero-order valence-electron chi connectivity index (χ0n) is 9.55. The Morgan fingerprint density at radius 2 is 2.12 bits per heavy atom. The molecule has 84 valence electrons. The molecule has 0 aromatic carbocycles. The summed E-state index contributed by atoms with van der Waals surface area (Å²) in [6.45, 7) is 5.92. The number of ether oxygens (including phenoxy) is 1. The summed E-state index contributed by atoms with van der Waals surface area (Å²) in [5.74, 6) is 1.93. The Morgan fingerprint density at radius 1 is 1.31 bits per heavy atom. The summed E-state index contributed by atoms with van der Waals surface area (Å²) in [4.78, 5) is 0. The fourth-order valence-corrected chi connectivity index (χ4v) is 2.09. The Kier molecular flexibility index (Phi) is 2.17. The number of nitrogens with zero attached hydrogens (tertiary/aromatic N) is 3. The van der Waals surface area contributed by atoms with Gasteiger partial charge in [0.05, 0.1) is 19.1 Å². The molecule has 16 heavy (non-hydrogen) atoms. The van der Waals surface area contributed by atoms with Crippen molar-refractivity contribution in [3.05, 3.63) is 29.7 Å². The predicted octanol–water partition coefficient (Wildman–Crippen LogP) is 1.97. The average Bonchev–Trinajstić information content (AvgIpc) is 2.59. The molecule has 0 bridgehead atoms. The molecule has 3 rings (SSSR count). The Labute approximate surface area is 94.3 Å². The first-order chi connectivity index (χ1) is 7.77. The maximum Gasteiger partial charge on any atom is 0.161 e. The van der Waals surface area contributed by atoms with Crippen LogP contribution in [0.3, 0.4) is 0 Å². The fraction of sp³-hybridized carbons (Fsp3) is 0.500. The number of aromatic nitrogens is 3. The largest absolute Gasteiger partial charge is 0.380 e. The number of pyridine rings is 1. The third-order valence-electron chi connectivity index (χ3n) is 3.08. The third-order valence-corrected chi connectivity index (χ3v) is 3.08. The molecule has 0 N–H and O–H groups in total. The molecule has 0 saturated carbocycles. The first-order valence-corrected chi connectivity index (χ1v) is 5.69. The van der Waals surface area contributed by atoms with E-state index in [0.29, 0.717) is 11.8 Å². The number of fused-ring (bicyclic) bond motifs is 1. The van der Waals surface area contributed by atoms with E-state index < -0.39 is 0 Å². The van der Waals surface area contributed by atoms with Crippen LogP contribution >= 0.6 is 0 Å². The van der Waals surface area contributed by atoms with E-state index in [1.54, 1.807) is 0 Å². The van der Waals surface area contributed by atoms with Gasteiger partial charge in [0.2, 0.25) is 0 Å². The molecule has 1 saturated heterocycles. The summed E-state index contributed by atoms with van der Waals surface area (Å²) >= 11 is 0. The standard InChI is InChI=1S/C12H15N3O/c1-8(2)10-4-3-5-11-13-14-12(15(10)11)9-6-16-7-9/h3-5,8-9H,6-7H2,1-2H3. The van der Waals surface area contributed by atoms with Crippen LogP contribution < -0.4 is 0 Å². The van der Waals surface area contributed by atoms with Crippen LogP contribution in [0.1, 0.15) is 37.2 Å². The van der Waals surface area contributed by atoms with E-state index in [-0.39, 0.29) is 0 Å². The molecule has 2 aromatic rings. The Hall–Kier alpha value is -1.42. The minimum Gasteiger partial charge on any atom is -0.380 e. The molecular weight excluding hydrogens is 202 g/mol. The number of rotatable bonds is 2. The SMILES string of the molecule is CC(C)c1cccc2nnc(C3COC3)n12. The van der Waals surface area contributed by atoms with Crippen LogP contribution in [0, 0.1) is 0 Å². The second-order valence-electron chi connectivity index (χ2n) is 4.59. The zero-order valence-corrected chi connectivity index (χ0v) is 9.55. The molecular formula is C12H15N3O. The molecule has 0 amide bonds. The molecule has 4 heteroatoms. The second-order valence-corrected chi connectivity index (χ2v) is 4.59. The maximum absolute atomic E-state index is 5.23. The second kappa shape index (κ2) is 3.56. The van der Waals surface area contributed by atoms with Gasteiger partial charge in [0.25, 0.3) is 0 Å². The molecule has 0 aliphatic carbocycles. The molecule has 3 heterocycles. The lowest BCUT2D eigenvalue weighted by Gasteiger charge is -2.25. The van der Waals surface area contributed by atoms with Crippen LogP contribution in [0.25, 0.3) is 5.65 Å². The van der Waals surface area contributed by atoms with Gasteiger partial charge in [-0.3, -0.25) is 4.40 Å². The van der Waals surface area contributed by atoms with Gasteiger partial charge in [0.15, 0.2) is 5.65 Å². The lowest BCUT2D eigenvalue weighted by molar-refractivity contribution is 0.00436. The van der Waals surface area contributed by atoms with E-state index in [0.717, 1.165) is 24.7 Å². The van der Waals surface area contributed by atoms with Gasteiger partial charge in [-0.25, -0.2) is 0 Å². The highest BCUT2D eigenvalue weighted by atomic mass is 16.5. The van der Waals surface area contributed by atoms with Crippen molar-refractivity contribution in [2.24, 2.45) is 0 Å². The molecule has 1 aliphatic heterocycles. The minimum absolute atomic E-state index is 0.412. The van der Waals surface area contributed by atoms with Crippen molar-refractivity contribution in [2.45, 2.75) is 25.7 Å². The molecule has 1 fully saturated rings.